The minimum absolute atomic E-state index is 0. The Morgan fingerprint density at radius 2 is 0.907 bits per heavy atom. The van der Waals surface area contributed by atoms with E-state index in [2.05, 4.69) is 9.44 Å². The zero-order valence-electron chi connectivity index (χ0n) is 22.6. The van der Waals surface area contributed by atoms with Crippen LogP contribution < -0.4 is 9.47 Å². The molecule has 0 saturated carbocycles. The van der Waals surface area contributed by atoms with E-state index in [-0.39, 0.29) is 53.7 Å². The first-order valence-corrected chi connectivity index (χ1v) is 15.3. The molecule has 4 aromatic rings. The molecule has 0 aliphatic heterocycles. The fourth-order valence-corrected chi connectivity index (χ4v) is 4.15. The first-order chi connectivity index (χ1) is 19.7. The molecule has 0 unspecified atom stereocenters. The molecule has 4 rings (SSSR count). The van der Waals surface area contributed by atoms with Gasteiger partial charge in [0.2, 0.25) is 0 Å². The number of hydrogen-bond donors (Lipinski definition) is 0. The van der Waals surface area contributed by atoms with Gasteiger partial charge in [0.25, 0.3) is 11.4 Å². The van der Waals surface area contributed by atoms with Crippen LogP contribution in [0.25, 0.3) is 9.44 Å². The Kier molecular flexibility index (Phi) is 12.1. The maximum Gasteiger partial charge on any atom is 2.00 e. The Labute approximate surface area is 259 Å². The summed E-state index contributed by atoms with van der Waals surface area (Å²) in [4.78, 5) is 20.4. The van der Waals surface area contributed by atoms with E-state index in [1.807, 2.05) is 0 Å². The second-order valence-corrected chi connectivity index (χ2v) is 11.6. The molecule has 0 aromatic heterocycles. The molecule has 220 valence electrons. The number of non-ortho nitro benzene ring substituents is 2. The maximum absolute atomic E-state index is 11.3. The van der Waals surface area contributed by atoms with Crippen LogP contribution in [0.4, 0.5) is 22.7 Å². The standard InChI is InChI=1S/2C13H11N2O5S.Zn/c2*1-21(18,19)14-12-8-7-10(15(16)17)9-13(12)20-11-5-3-2-4-6-11;/h2*2-9H,1H3;/q2*-1;+2. The molecule has 0 spiro atoms. The number of ether oxygens (including phenoxy) is 2. The van der Waals surface area contributed by atoms with Crippen LogP contribution in [-0.2, 0) is 39.5 Å². The zero-order chi connectivity index (χ0) is 30.9. The van der Waals surface area contributed by atoms with Gasteiger partial charge in [-0.05, 0) is 24.3 Å². The van der Waals surface area contributed by atoms with Crippen molar-refractivity contribution in [3.8, 4) is 23.0 Å². The topological polar surface area (TPSA) is 201 Å². The quantitative estimate of drug-likeness (QED) is 0.0985. The van der Waals surface area contributed by atoms with Gasteiger partial charge in [0.1, 0.15) is 23.0 Å². The third-order valence-corrected chi connectivity index (χ3v) is 5.84. The number of nitro groups is 2. The summed E-state index contributed by atoms with van der Waals surface area (Å²) < 4.78 is 63.1. The van der Waals surface area contributed by atoms with Crippen LogP contribution in [0.3, 0.4) is 0 Å². The number of nitrogens with zero attached hydrogens (tertiary/aromatic N) is 4. The smallest absolute Gasteiger partial charge is 0.574 e. The maximum atomic E-state index is 11.3. The Bertz CT molecular complexity index is 1660. The number of rotatable bonds is 10. The fourth-order valence-electron chi connectivity index (χ4n) is 3.14. The van der Waals surface area contributed by atoms with Crippen molar-refractivity contribution in [3.63, 3.8) is 0 Å². The van der Waals surface area contributed by atoms with Gasteiger partial charge in [0, 0.05) is 24.6 Å². The van der Waals surface area contributed by atoms with Crippen molar-refractivity contribution in [1.29, 1.82) is 0 Å². The first-order valence-electron chi connectivity index (χ1n) is 11.6. The van der Waals surface area contributed by atoms with Gasteiger partial charge in [-0.1, -0.05) is 59.9 Å². The van der Waals surface area contributed by atoms with E-state index < -0.39 is 29.9 Å². The number of benzene rings is 4. The van der Waals surface area contributed by atoms with Crippen LogP contribution in [0.15, 0.2) is 97.1 Å². The number of sulfonamides is 2. The molecular weight excluding hydrogens is 658 g/mol. The first kappa shape index (κ1) is 34.6. The van der Waals surface area contributed by atoms with Crippen molar-refractivity contribution in [2.45, 2.75) is 0 Å². The molecule has 0 bridgehead atoms. The van der Waals surface area contributed by atoms with Crippen LogP contribution in [0, 0.1) is 20.2 Å². The fraction of sp³-hybridized carbons (Fsp3) is 0.0769. The molecule has 14 nitrogen and oxygen atoms in total. The SMILES string of the molecule is CS(=O)(=O)[N-]c1ccc([N+](=O)[O-])cc1Oc1ccccc1.CS(=O)(=O)[N-]c1ccc([N+](=O)[O-])cc1Oc1ccccc1.[Zn+2]. The molecule has 43 heavy (non-hydrogen) atoms. The summed E-state index contributed by atoms with van der Waals surface area (Å²) in [5.41, 5.74) is -0.416. The zero-order valence-corrected chi connectivity index (χ0v) is 27.2. The van der Waals surface area contributed by atoms with Gasteiger partial charge in [-0.15, -0.1) is 0 Å². The Balaban J connectivity index is 0.000000293. The molecule has 0 atom stereocenters. The molecule has 0 radical (unpaired) electrons. The minimum atomic E-state index is -3.65. The number of para-hydroxylation sites is 2. The third-order valence-electron chi connectivity index (χ3n) is 4.78. The van der Waals surface area contributed by atoms with Crippen molar-refractivity contribution >= 4 is 42.8 Å². The van der Waals surface area contributed by atoms with Crippen LogP contribution >= 0.6 is 0 Å². The molecular formula is C26H22N4O10S2Zn. The van der Waals surface area contributed by atoms with E-state index in [1.54, 1.807) is 60.7 Å². The van der Waals surface area contributed by atoms with Crippen molar-refractivity contribution in [2.24, 2.45) is 0 Å². The largest absolute Gasteiger partial charge is 2.00 e. The van der Waals surface area contributed by atoms with Crippen molar-refractivity contribution < 1.29 is 55.6 Å². The summed E-state index contributed by atoms with van der Waals surface area (Å²) in [6.45, 7) is 0. The molecule has 0 N–H and O–H groups in total. The number of hydrogen-bond acceptors (Lipinski definition) is 10. The van der Waals surface area contributed by atoms with Gasteiger partial charge in [-0.3, -0.25) is 20.2 Å². The van der Waals surface area contributed by atoms with Crippen molar-refractivity contribution in [3.05, 3.63) is 127 Å². The Morgan fingerprint density at radius 3 is 1.19 bits per heavy atom. The van der Waals surface area contributed by atoms with E-state index in [1.165, 1.54) is 24.3 Å². The normalized spacial score (nSPS) is 10.7. The van der Waals surface area contributed by atoms with E-state index in [9.17, 15) is 37.1 Å². The van der Waals surface area contributed by atoms with Gasteiger partial charge in [0.15, 0.2) is 0 Å². The summed E-state index contributed by atoms with van der Waals surface area (Å²) in [6.07, 6.45) is 1.86. The molecule has 0 aliphatic rings. The van der Waals surface area contributed by atoms with E-state index in [4.69, 9.17) is 9.47 Å². The molecule has 0 amide bonds. The third kappa shape index (κ3) is 11.7. The number of nitro benzene ring substituents is 2. The van der Waals surface area contributed by atoms with E-state index in [0.29, 0.717) is 11.5 Å². The summed E-state index contributed by atoms with van der Waals surface area (Å²) in [5, 5.41) is 21.6. The summed E-state index contributed by atoms with van der Waals surface area (Å²) in [5.74, 6) is 0.840. The second kappa shape index (κ2) is 15.0. The molecule has 0 aliphatic carbocycles. The van der Waals surface area contributed by atoms with Gasteiger partial charge in [-0.25, -0.2) is 16.8 Å². The monoisotopic (exact) mass is 678 g/mol. The molecule has 0 fully saturated rings. The van der Waals surface area contributed by atoms with Crippen molar-refractivity contribution in [1.82, 2.24) is 0 Å². The second-order valence-electron chi connectivity index (χ2n) is 8.30. The van der Waals surface area contributed by atoms with Gasteiger partial charge >= 0.3 is 19.5 Å². The van der Waals surface area contributed by atoms with Gasteiger partial charge in [0.05, 0.1) is 42.0 Å². The van der Waals surface area contributed by atoms with Crippen LogP contribution in [0.2, 0.25) is 0 Å². The van der Waals surface area contributed by atoms with Crippen LogP contribution in [0.1, 0.15) is 0 Å². The van der Waals surface area contributed by atoms with Gasteiger partial charge < -0.3 is 18.9 Å². The summed E-state index contributed by atoms with van der Waals surface area (Å²) >= 11 is 0. The van der Waals surface area contributed by atoms with E-state index in [0.717, 1.165) is 24.6 Å². The predicted molar refractivity (Wildman–Crippen MR) is 155 cm³/mol. The molecule has 0 heterocycles. The average Bonchev–Trinajstić information content (AvgIpc) is 2.90. The summed E-state index contributed by atoms with van der Waals surface area (Å²) in [7, 11) is -7.30. The Hall–Kier alpha value is -4.60. The molecule has 4 aromatic carbocycles. The molecule has 17 heteroatoms. The predicted octanol–water partition coefficient (Wildman–Crippen LogP) is 6.70. The van der Waals surface area contributed by atoms with Gasteiger partial charge in [-0.2, -0.15) is 0 Å². The average molecular weight is 680 g/mol. The van der Waals surface area contributed by atoms with Crippen LogP contribution in [-0.4, -0.2) is 39.2 Å². The van der Waals surface area contributed by atoms with E-state index >= 15 is 0 Å². The molecule has 0 saturated heterocycles. The van der Waals surface area contributed by atoms with Crippen LogP contribution in [0.5, 0.6) is 23.0 Å². The summed E-state index contributed by atoms with van der Waals surface area (Å²) in [6, 6.07) is 24.1. The minimum Gasteiger partial charge on any atom is -0.574 e. The Morgan fingerprint density at radius 1 is 0.581 bits per heavy atom. The van der Waals surface area contributed by atoms with Crippen molar-refractivity contribution in [2.75, 3.05) is 12.5 Å².